The number of piperidine rings is 1. The number of carbonyl (C=O) groups excluding carboxylic acids is 1. The van der Waals surface area contributed by atoms with Gasteiger partial charge in [-0.1, -0.05) is 18.2 Å². The number of hydrogen-bond donors (Lipinski definition) is 1. The zero-order valence-electron chi connectivity index (χ0n) is 12.4. The third kappa shape index (κ3) is 3.51. The van der Waals surface area contributed by atoms with E-state index < -0.39 is 0 Å². The van der Waals surface area contributed by atoms with Crippen LogP contribution in [0.2, 0.25) is 0 Å². The fraction of sp³-hybridized carbons (Fsp3) is 0.562. The molecule has 1 saturated heterocycles. The normalized spacial score (nSPS) is 22.8. The van der Waals surface area contributed by atoms with Gasteiger partial charge in [-0.15, -0.1) is 0 Å². The Morgan fingerprint density at radius 3 is 2.90 bits per heavy atom. The smallest absolute Gasteiger partial charge is 0.223 e. The fourth-order valence-electron chi connectivity index (χ4n) is 2.75. The van der Waals surface area contributed by atoms with Gasteiger partial charge in [0.2, 0.25) is 5.91 Å². The first kappa shape index (κ1) is 14.9. The first-order chi connectivity index (χ1) is 9.54. The van der Waals surface area contributed by atoms with E-state index in [4.69, 9.17) is 10.5 Å². The van der Waals surface area contributed by atoms with Crippen LogP contribution < -0.4 is 5.73 Å². The molecule has 1 aliphatic rings. The summed E-state index contributed by atoms with van der Waals surface area (Å²) in [6.07, 6.45) is 3.22. The Kier molecular flexibility index (Phi) is 4.65. The Morgan fingerprint density at radius 2 is 2.20 bits per heavy atom. The molecule has 110 valence electrons. The van der Waals surface area contributed by atoms with E-state index in [2.05, 4.69) is 6.92 Å². The second-order valence-electron chi connectivity index (χ2n) is 5.77. The minimum absolute atomic E-state index is 0.191. The molecule has 0 aromatic heterocycles. The first-order valence-electron chi connectivity index (χ1n) is 7.20. The van der Waals surface area contributed by atoms with Crippen LogP contribution in [-0.2, 0) is 16.0 Å². The van der Waals surface area contributed by atoms with Crippen molar-refractivity contribution in [2.24, 2.45) is 0 Å². The van der Waals surface area contributed by atoms with Crippen LogP contribution in [-0.4, -0.2) is 36.6 Å². The number of nitrogens with two attached hydrogens (primary N) is 1. The second kappa shape index (κ2) is 6.27. The maximum atomic E-state index is 12.3. The van der Waals surface area contributed by atoms with Crippen molar-refractivity contribution in [1.29, 1.82) is 0 Å². The van der Waals surface area contributed by atoms with Gasteiger partial charge in [-0.3, -0.25) is 4.79 Å². The lowest BCUT2D eigenvalue weighted by molar-refractivity contribution is -0.139. The molecule has 2 rings (SSSR count). The summed E-state index contributed by atoms with van der Waals surface area (Å²) in [6.45, 7) is 3.59. The van der Waals surface area contributed by atoms with Gasteiger partial charge in [-0.25, -0.2) is 0 Å². The number of benzene rings is 1. The molecule has 0 spiro atoms. The summed E-state index contributed by atoms with van der Waals surface area (Å²) in [5, 5.41) is 0. The summed E-state index contributed by atoms with van der Waals surface area (Å²) in [7, 11) is 1.72. The monoisotopic (exact) mass is 276 g/mol. The molecule has 2 N–H and O–H groups in total. The molecule has 0 saturated carbocycles. The maximum absolute atomic E-state index is 12.3. The summed E-state index contributed by atoms with van der Waals surface area (Å²) in [4.78, 5) is 14.2. The van der Waals surface area contributed by atoms with E-state index in [0.717, 1.165) is 30.6 Å². The van der Waals surface area contributed by atoms with Crippen LogP contribution in [0.5, 0.6) is 0 Å². The van der Waals surface area contributed by atoms with Crippen molar-refractivity contribution in [3.8, 4) is 0 Å². The number of anilines is 1. The van der Waals surface area contributed by atoms with E-state index >= 15 is 0 Å². The van der Waals surface area contributed by atoms with Crippen LogP contribution in [0.4, 0.5) is 5.69 Å². The van der Waals surface area contributed by atoms with Crippen LogP contribution in [0.15, 0.2) is 24.3 Å². The number of ether oxygens (including phenoxy) is 1. The van der Waals surface area contributed by atoms with Gasteiger partial charge >= 0.3 is 0 Å². The third-order valence-electron chi connectivity index (χ3n) is 4.17. The summed E-state index contributed by atoms with van der Waals surface area (Å²) in [6, 6.07) is 7.73. The SMILES string of the molecule is COC1(C)CCCN(C(=O)CCc2ccccc2N)C1. The lowest BCUT2D eigenvalue weighted by atomic mass is 9.94. The Hall–Kier alpha value is -1.55. The van der Waals surface area contributed by atoms with Gasteiger partial charge in [-0.2, -0.15) is 0 Å². The highest BCUT2D eigenvalue weighted by Crippen LogP contribution is 2.24. The fourth-order valence-corrected chi connectivity index (χ4v) is 2.75. The molecule has 0 bridgehead atoms. The van der Waals surface area contributed by atoms with Gasteiger partial charge in [0.15, 0.2) is 0 Å². The Labute approximate surface area is 120 Å². The highest BCUT2D eigenvalue weighted by atomic mass is 16.5. The zero-order chi connectivity index (χ0) is 14.6. The number of likely N-dealkylation sites (tertiary alicyclic amines) is 1. The molecule has 1 aromatic rings. The minimum Gasteiger partial charge on any atom is -0.399 e. The van der Waals surface area contributed by atoms with E-state index in [-0.39, 0.29) is 11.5 Å². The van der Waals surface area contributed by atoms with E-state index in [0.29, 0.717) is 19.4 Å². The van der Waals surface area contributed by atoms with Crippen molar-refractivity contribution in [3.63, 3.8) is 0 Å². The topological polar surface area (TPSA) is 55.6 Å². The summed E-state index contributed by atoms with van der Waals surface area (Å²) >= 11 is 0. The number of rotatable bonds is 4. The molecule has 4 heteroatoms. The van der Waals surface area contributed by atoms with E-state index in [1.54, 1.807) is 7.11 Å². The van der Waals surface area contributed by atoms with E-state index in [9.17, 15) is 4.79 Å². The average Bonchev–Trinajstić information content (AvgIpc) is 2.46. The Bertz CT molecular complexity index is 475. The number of amides is 1. The highest BCUT2D eigenvalue weighted by Gasteiger charge is 2.32. The molecule has 1 fully saturated rings. The number of carbonyl (C=O) groups is 1. The molecule has 1 amide bonds. The molecule has 4 nitrogen and oxygen atoms in total. The molecule has 1 atom stereocenters. The first-order valence-corrected chi connectivity index (χ1v) is 7.20. The van der Waals surface area contributed by atoms with Crippen molar-refractivity contribution in [3.05, 3.63) is 29.8 Å². The lowest BCUT2D eigenvalue weighted by Gasteiger charge is -2.39. The summed E-state index contributed by atoms with van der Waals surface area (Å²) < 4.78 is 5.53. The third-order valence-corrected chi connectivity index (χ3v) is 4.17. The van der Waals surface area contributed by atoms with Gasteiger partial charge in [0.1, 0.15) is 0 Å². The second-order valence-corrected chi connectivity index (χ2v) is 5.77. The number of para-hydroxylation sites is 1. The van der Waals surface area contributed by atoms with Crippen molar-refractivity contribution in [2.75, 3.05) is 25.9 Å². The van der Waals surface area contributed by atoms with Crippen molar-refractivity contribution < 1.29 is 9.53 Å². The number of nitrogen functional groups attached to an aromatic ring is 1. The molecule has 0 aliphatic carbocycles. The van der Waals surface area contributed by atoms with Crippen molar-refractivity contribution >= 4 is 11.6 Å². The van der Waals surface area contributed by atoms with Crippen LogP contribution in [0.3, 0.4) is 0 Å². The largest absolute Gasteiger partial charge is 0.399 e. The maximum Gasteiger partial charge on any atom is 0.223 e. The molecule has 1 aliphatic heterocycles. The number of nitrogens with zero attached hydrogens (tertiary/aromatic N) is 1. The van der Waals surface area contributed by atoms with Gasteiger partial charge < -0.3 is 15.4 Å². The van der Waals surface area contributed by atoms with Crippen LogP contribution >= 0.6 is 0 Å². The Balaban J connectivity index is 1.90. The number of hydrogen-bond acceptors (Lipinski definition) is 3. The summed E-state index contributed by atoms with van der Waals surface area (Å²) in [5.74, 6) is 0.191. The predicted molar refractivity (Wildman–Crippen MR) is 80.4 cm³/mol. The average molecular weight is 276 g/mol. The van der Waals surface area contributed by atoms with Crippen LogP contribution in [0.1, 0.15) is 31.7 Å². The van der Waals surface area contributed by atoms with Gasteiger partial charge in [-0.05, 0) is 37.8 Å². The number of aryl methyl sites for hydroxylation is 1. The van der Waals surface area contributed by atoms with Crippen molar-refractivity contribution in [1.82, 2.24) is 4.90 Å². The molecule has 0 radical (unpaired) electrons. The molecular weight excluding hydrogens is 252 g/mol. The molecular formula is C16H24N2O2. The van der Waals surface area contributed by atoms with Crippen molar-refractivity contribution in [2.45, 2.75) is 38.2 Å². The quantitative estimate of drug-likeness (QED) is 0.858. The highest BCUT2D eigenvalue weighted by molar-refractivity contribution is 5.77. The molecule has 1 unspecified atom stereocenters. The zero-order valence-corrected chi connectivity index (χ0v) is 12.4. The molecule has 20 heavy (non-hydrogen) atoms. The van der Waals surface area contributed by atoms with Gasteiger partial charge in [0.05, 0.1) is 5.60 Å². The summed E-state index contributed by atoms with van der Waals surface area (Å²) in [5.41, 5.74) is 7.52. The predicted octanol–water partition coefficient (Wildman–Crippen LogP) is 2.23. The Morgan fingerprint density at radius 1 is 1.45 bits per heavy atom. The van der Waals surface area contributed by atoms with E-state index in [1.807, 2.05) is 29.2 Å². The minimum atomic E-state index is -0.195. The number of methoxy groups -OCH3 is 1. The lowest BCUT2D eigenvalue weighted by Crippen LogP contribution is -2.49. The van der Waals surface area contributed by atoms with Gasteiger partial charge in [0, 0.05) is 32.3 Å². The van der Waals surface area contributed by atoms with Crippen LogP contribution in [0.25, 0.3) is 0 Å². The van der Waals surface area contributed by atoms with E-state index in [1.165, 1.54) is 0 Å². The van der Waals surface area contributed by atoms with Gasteiger partial charge in [0.25, 0.3) is 0 Å². The van der Waals surface area contributed by atoms with Crippen LogP contribution in [0, 0.1) is 0 Å². The standard InChI is InChI=1S/C16H24N2O2/c1-16(20-2)10-5-11-18(12-16)15(19)9-8-13-6-3-4-7-14(13)17/h3-4,6-7H,5,8-12,17H2,1-2H3. The molecule has 1 heterocycles. The molecule has 1 aromatic carbocycles.